The van der Waals surface area contributed by atoms with Gasteiger partial charge in [-0.15, -0.1) is 0 Å². The molecule has 1 aromatic carbocycles. The maximum Gasteiger partial charge on any atom is 0.289 e. The number of nitrogens with zero attached hydrogens (tertiary/aromatic N) is 2. The lowest BCUT2D eigenvalue weighted by Crippen LogP contribution is -2.40. The van der Waals surface area contributed by atoms with E-state index in [0.717, 1.165) is 24.4 Å². The molecule has 1 N–H and O–H groups in total. The second-order valence-electron chi connectivity index (χ2n) is 6.78. The zero-order chi connectivity index (χ0) is 18.5. The van der Waals surface area contributed by atoms with Crippen molar-refractivity contribution in [1.82, 2.24) is 15.4 Å². The minimum atomic E-state index is -0.266. The maximum absolute atomic E-state index is 12.6. The Morgan fingerprint density at radius 1 is 1.11 bits per heavy atom. The summed E-state index contributed by atoms with van der Waals surface area (Å²) in [5.41, 5.74) is 1.57. The fourth-order valence-corrected chi connectivity index (χ4v) is 3.52. The van der Waals surface area contributed by atoms with Crippen molar-refractivity contribution < 1.29 is 13.7 Å². The first-order valence-corrected chi connectivity index (χ1v) is 9.39. The largest absolute Gasteiger partial charge is 0.468 e. The Labute approximate surface area is 158 Å². The Hall–Kier alpha value is -2.86. The molecular formula is C21H23N3O3. The van der Waals surface area contributed by atoms with Crippen LogP contribution >= 0.6 is 0 Å². The molecule has 1 saturated heterocycles. The van der Waals surface area contributed by atoms with Crippen LogP contribution in [0.25, 0.3) is 11.3 Å². The third-order valence-electron chi connectivity index (χ3n) is 4.96. The van der Waals surface area contributed by atoms with Crippen molar-refractivity contribution in [2.45, 2.75) is 25.3 Å². The fraction of sp³-hybridized carbons (Fsp3) is 0.333. The van der Waals surface area contributed by atoms with Gasteiger partial charge in [-0.25, -0.2) is 0 Å². The van der Waals surface area contributed by atoms with E-state index in [1.54, 1.807) is 12.3 Å². The van der Waals surface area contributed by atoms with Gasteiger partial charge in [0.1, 0.15) is 11.5 Å². The zero-order valence-electron chi connectivity index (χ0n) is 15.1. The number of carbonyl (C=O) groups is 1. The number of benzene rings is 1. The van der Waals surface area contributed by atoms with E-state index >= 15 is 0 Å². The molecule has 140 valence electrons. The first-order valence-electron chi connectivity index (χ1n) is 9.39. The van der Waals surface area contributed by atoms with E-state index in [1.165, 1.54) is 19.3 Å². The van der Waals surface area contributed by atoms with Crippen LogP contribution in [-0.4, -0.2) is 35.6 Å². The van der Waals surface area contributed by atoms with E-state index in [9.17, 15) is 4.79 Å². The van der Waals surface area contributed by atoms with Gasteiger partial charge in [0.2, 0.25) is 5.76 Å². The molecule has 4 rings (SSSR count). The second kappa shape index (κ2) is 8.22. The van der Waals surface area contributed by atoms with Gasteiger partial charge < -0.3 is 14.3 Å². The summed E-state index contributed by atoms with van der Waals surface area (Å²) in [6, 6.07) is 15.2. The number of furan rings is 1. The standard InChI is InChI=1S/C21H23N3O3/c25-21(20-14-17(23-27-20)16-8-3-1-4-9-16)22-15-18(19-10-7-13-26-19)24-11-5-2-6-12-24/h1,3-4,7-10,13-14,18H,2,5-6,11-12,15H2,(H,22,25). The Morgan fingerprint density at radius 3 is 2.67 bits per heavy atom. The van der Waals surface area contributed by atoms with Gasteiger partial charge in [0.25, 0.3) is 5.91 Å². The van der Waals surface area contributed by atoms with Crippen LogP contribution in [0.5, 0.6) is 0 Å². The molecule has 2 aromatic heterocycles. The first-order chi connectivity index (χ1) is 13.3. The topological polar surface area (TPSA) is 71.5 Å². The minimum Gasteiger partial charge on any atom is -0.468 e. The van der Waals surface area contributed by atoms with Crippen LogP contribution in [0.15, 0.2) is 63.7 Å². The molecule has 1 unspecified atom stereocenters. The predicted molar refractivity (Wildman–Crippen MR) is 101 cm³/mol. The molecule has 1 aliphatic rings. The van der Waals surface area contributed by atoms with E-state index in [1.807, 2.05) is 42.5 Å². The average Bonchev–Trinajstić information content (AvgIpc) is 3.42. The van der Waals surface area contributed by atoms with Crippen molar-refractivity contribution >= 4 is 5.91 Å². The van der Waals surface area contributed by atoms with Gasteiger partial charge >= 0.3 is 0 Å². The third-order valence-corrected chi connectivity index (χ3v) is 4.96. The summed E-state index contributed by atoms with van der Waals surface area (Å²) >= 11 is 0. The van der Waals surface area contributed by atoms with Gasteiger partial charge in [0, 0.05) is 18.2 Å². The number of rotatable bonds is 6. The lowest BCUT2D eigenvalue weighted by atomic mass is 10.1. The number of carbonyl (C=O) groups excluding carboxylic acids is 1. The van der Waals surface area contributed by atoms with Gasteiger partial charge in [-0.05, 0) is 38.1 Å². The molecule has 27 heavy (non-hydrogen) atoms. The summed E-state index contributed by atoms with van der Waals surface area (Å²) < 4.78 is 10.9. The Balaban J connectivity index is 1.43. The highest BCUT2D eigenvalue weighted by molar-refractivity contribution is 5.92. The highest BCUT2D eigenvalue weighted by Gasteiger charge is 2.25. The fourth-order valence-electron chi connectivity index (χ4n) is 3.52. The zero-order valence-corrected chi connectivity index (χ0v) is 15.1. The SMILES string of the molecule is O=C(NCC(c1ccco1)N1CCCCC1)c1cc(-c2ccccc2)no1. The molecule has 6 nitrogen and oxygen atoms in total. The van der Waals surface area contributed by atoms with Crippen LogP contribution < -0.4 is 5.32 Å². The van der Waals surface area contributed by atoms with Gasteiger partial charge in [-0.1, -0.05) is 41.9 Å². The van der Waals surface area contributed by atoms with E-state index in [-0.39, 0.29) is 17.7 Å². The average molecular weight is 365 g/mol. The molecule has 1 atom stereocenters. The van der Waals surface area contributed by atoms with Crippen molar-refractivity contribution in [3.8, 4) is 11.3 Å². The molecule has 0 saturated carbocycles. The lowest BCUT2D eigenvalue weighted by molar-refractivity contribution is 0.0878. The summed E-state index contributed by atoms with van der Waals surface area (Å²) in [5.74, 6) is 0.823. The molecule has 1 amide bonds. The van der Waals surface area contributed by atoms with Gasteiger partial charge in [-0.2, -0.15) is 0 Å². The Morgan fingerprint density at radius 2 is 1.93 bits per heavy atom. The van der Waals surface area contributed by atoms with Crippen LogP contribution in [-0.2, 0) is 0 Å². The quantitative estimate of drug-likeness (QED) is 0.717. The lowest BCUT2D eigenvalue weighted by Gasteiger charge is -2.33. The Bertz CT molecular complexity index is 852. The number of hydrogen-bond acceptors (Lipinski definition) is 5. The molecular weight excluding hydrogens is 342 g/mol. The second-order valence-corrected chi connectivity index (χ2v) is 6.78. The molecule has 1 fully saturated rings. The van der Waals surface area contributed by atoms with Gasteiger partial charge in [0.15, 0.2) is 0 Å². The first kappa shape index (κ1) is 17.5. The number of likely N-dealkylation sites (tertiary alicyclic amines) is 1. The molecule has 1 aliphatic heterocycles. The minimum absolute atomic E-state index is 0.0285. The maximum atomic E-state index is 12.6. The van der Waals surface area contributed by atoms with Crippen LogP contribution in [0, 0.1) is 0 Å². The summed E-state index contributed by atoms with van der Waals surface area (Å²) in [7, 11) is 0. The van der Waals surface area contributed by atoms with Crippen molar-refractivity contribution in [2.24, 2.45) is 0 Å². The summed E-state index contributed by atoms with van der Waals surface area (Å²) in [6.45, 7) is 2.50. The normalized spacial score (nSPS) is 16.1. The molecule has 0 spiro atoms. The highest BCUT2D eigenvalue weighted by atomic mass is 16.5. The van der Waals surface area contributed by atoms with Crippen molar-refractivity contribution in [3.63, 3.8) is 0 Å². The van der Waals surface area contributed by atoms with Crippen LogP contribution in [0.3, 0.4) is 0 Å². The van der Waals surface area contributed by atoms with Crippen molar-refractivity contribution in [3.05, 3.63) is 66.3 Å². The number of aromatic nitrogens is 1. The van der Waals surface area contributed by atoms with Crippen LogP contribution in [0.1, 0.15) is 41.6 Å². The predicted octanol–water partition coefficient (Wildman–Crippen LogP) is 3.89. The molecule has 6 heteroatoms. The smallest absolute Gasteiger partial charge is 0.289 e. The van der Waals surface area contributed by atoms with E-state index < -0.39 is 0 Å². The summed E-state index contributed by atoms with van der Waals surface area (Å²) in [4.78, 5) is 14.9. The monoisotopic (exact) mass is 365 g/mol. The number of nitrogens with one attached hydrogen (secondary N) is 1. The van der Waals surface area contributed by atoms with Crippen molar-refractivity contribution in [1.29, 1.82) is 0 Å². The number of piperidine rings is 1. The molecule has 3 heterocycles. The van der Waals surface area contributed by atoms with E-state index in [2.05, 4.69) is 15.4 Å². The van der Waals surface area contributed by atoms with Crippen LogP contribution in [0.4, 0.5) is 0 Å². The van der Waals surface area contributed by atoms with Gasteiger partial charge in [-0.3, -0.25) is 9.69 Å². The van der Waals surface area contributed by atoms with Crippen molar-refractivity contribution in [2.75, 3.05) is 19.6 Å². The molecule has 0 aliphatic carbocycles. The third kappa shape index (κ3) is 4.11. The summed E-state index contributed by atoms with van der Waals surface area (Å²) in [5, 5.41) is 6.98. The van der Waals surface area contributed by atoms with Crippen LogP contribution in [0.2, 0.25) is 0 Å². The van der Waals surface area contributed by atoms with E-state index in [4.69, 9.17) is 8.94 Å². The van der Waals surface area contributed by atoms with Gasteiger partial charge in [0.05, 0.1) is 12.3 Å². The van der Waals surface area contributed by atoms with E-state index in [0.29, 0.717) is 12.2 Å². The molecule has 0 bridgehead atoms. The molecule has 0 radical (unpaired) electrons. The summed E-state index contributed by atoms with van der Waals surface area (Å²) in [6.07, 6.45) is 5.28. The Kier molecular flexibility index (Phi) is 5.34. The number of hydrogen-bond donors (Lipinski definition) is 1. The number of amides is 1. The highest BCUT2D eigenvalue weighted by Crippen LogP contribution is 2.25. The molecule has 3 aromatic rings.